The maximum absolute atomic E-state index is 14.2. The molecule has 38 heavy (non-hydrogen) atoms. The second-order valence-corrected chi connectivity index (χ2v) is 11.2. The summed E-state index contributed by atoms with van der Waals surface area (Å²) in [7, 11) is 0. The van der Waals surface area contributed by atoms with Crippen LogP contribution in [0.1, 0.15) is 52.2 Å². The van der Waals surface area contributed by atoms with Gasteiger partial charge in [0.1, 0.15) is 0 Å². The number of anilines is 1. The normalized spacial score (nSPS) is 20.2. The molecule has 0 N–H and O–H groups in total. The van der Waals surface area contributed by atoms with E-state index in [4.69, 9.17) is 0 Å². The van der Waals surface area contributed by atoms with Crippen LogP contribution >= 0.6 is 11.3 Å². The lowest BCUT2D eigenvalue weighted by molar-refractivity contribution is -0.137. The number of hydrogen-bond acceptors (Lipinski definition) is 4. The van der Waals surface area contributed by atoms with Crippen molar-refractivity contribution >= 4 is 28.8 Å². The summed E-state index contributed by atoms with van der Waals surface area (Å²) in [4.78, 5) is 34.3. The molecule has 0 bridgehead atoms. The first-order valence-corrected chi connectivity index (χ1v) is 13.7. The van der Waals surface area contributed by atoms with Crippen molar-refractivity contribution in [1.29, 1.82) is 0 Å². The molecular weight excluding hydrogens is 511 g/mol. The number of alkyl halides is 3. The highest BCUT2D eigenvalue weighted by atomic mass is 32.1. The van der Waals surface area contributed by atoms with Gasteiger partial charge in [0.05, 0.1) is 17.5 Å². The Labute approximate surface area is 224 Å². The monoisotopic (exact) mass is 541 g/mol. The van der Waals surface area contributed by atoms with Gasteiger partial charge in [-0.05, 0) is 47.2 Å². The largest absolute Gasteiger partial charge is 0.416 e. The standard InChI is InChI=1S/C29H30F3N3O2S/c1-19(2)18-35-26(24-11-6-16-38-24)25(22-9-3-4-10-23(22)27(35)36)28(37)34-14-12-33(13-15-34)21-8-5-7-20(17-21)29(30,31)32/h3-11,16-17,19,25-26H,12-15,18H2,1-2H3/t25-,26-/m1/s1. The molecule has 0 saturated carbocycles. The molecule has 0 radical (unpaired) electrons. The van der Waals surface area contributed by atoms with E-state index in [1.807, 2.05) is 45.5 Å². The summed E-state index contributed by atoms with van der Waals surface area (Å²) in [5.74, 6) is -0.452. The van der Waals surface area contributed by atoms with Crippen molar-refractivity contribution in [3.05, 3.63) is 87.6 Å². The highest BCUT2D eigenvalue weighted by molar-refractivity contribution is 7.10. The first-order valence-electron chi connectivity index (χ1n) is 12.8. The number of halogens is 3. The Bertz CT molecular complexity index is 1300. The van der Waals surface area contributed by atoms with Crippen molar-refractivity contribution in [1.82, 2.24) is 9.80 Å². The highest BCUT2D eigenvalue weighted by Crippen LogP contribution is 2.45. The van der Waals surface area contributed by atoms with E-state index in [1.165, 1.54) is 6.07 Å². The number of carbonyl (C=O) groups is 2. The average molecular weight is 542 g/mol. The fourth-order valence-electron chi connectivity index (χ4n) is 5.49. The number of thiophene rings is 1. The Morgan fingerprint density at radius 3 is 2.39 bits per heavy atom. The second-order valence-electron chi connectivity index (χ2n) is 10.2. The summed E-state index contributed by atoms with van der Waals surface area (Å²) in [6.07, 6.45) is -4.40. The fourth-order valence-corrected chi connectivity index (χ4v) is 6.36. The van der Waals surface area contributed by atoms with Crippen molar-refractivity contribution in [2.45, 2.75) is 32.0 Å². The number of rotatable bonds is 5. The molecule has 2 atom stereocenters. The number of hydrogen-bond donors (Lipinski definition) is 0. The third kappa shape index (κ3) is 5.04. The summed E-state index contributed by atoms with van der Waals surface area (Å²) < 4.78 is 39.7. The molecular formula is C29H30F3N3O2S. The van der Waals surface area contributed by atoms with Gasteiger partial charge < -0.3 is 14.7 Å². The molecule has 0 aliphatic carbocycles. The van der Waals surface area contributed by atoms with Gasteiger partial charge >= 0.3 is 6.18 Å². The Morgan fingerprint density at radius 1 is 1.00 bits per heavy atom. The molecule has 2 aromatic carbocycles. The van der Waals surface area contributed by atoms with Crippen LogP contribution in [0.25, 0.3) is 0 Å². The van der Waals surface area contributed by atoms with Gasteiger partial charge in [-0.15, -0.1) is 11.3 Å². The maximum atomic E-state index is 14.2. The number of fused-ring (bicyclic) bond motifs is 1. The molecule has 2 amide bonds. The van der Waals surface area contributed by atoms with E-state index in [0.29, 0.717) is 44.0 Å². The van der Waals surface area contributed by atoms with Crippen LogP contribution in [0.15, 0.2) is 66.0 Å². The van der Waals surface area contributed by atoms with E-state index in [-0.39, 0.29) is 17.7 Å². The Hall–Kier alpha value is -3.33. The lowest BCUT2D eigenvalue weighted by atomic mass is 9.80. The maximum Gasteiger partial charge on any atom is 0.416 e. The summed E-state index contributed by atoms with van der Waals surface area (Å²) >= 11 is 1.54. The second kappa shape index (κ2) is 10.4. The molecule has 5 rings (SSSR count). The van der Waals surface area contributed by atoms with Gasteiger partial charge in [0.15, 0.2) is 0 Å². The van der Waals surface area contributed by atoms with Crippen molar-refractivity contribution < 1.29 is 22.8 Å². The number of nitrogens with zero attached hydrogens (tertiary/aromatic N) is 3. The molecule has 2 aliphatic rings. The molecule has 2 aliphatic heterocycles. The predicted octanol–water partition coefficient (Wildman–Crippen LogP) is 6.05. The smallest absolute Gasteiger partial charge is 0.368 e. The third-order valence-corrected chi connectivity index (χ3v) is 8.17. The van der Waals surface area contributed by atoms with E-state index < -0.39 is 23.7 Å². The molecule has 0 unspecified atom stereocenters. The van der Waals surface area contributed by atoms with Crippen molar-refractivity contribution in [2.24, 2.45) is 5.92 Å². The number of piperazine rings is 1. The average Bonchev–Trinajstić information content (AvgIpc) is 3.44. The van der Waals surface area contributed by atoms with Gasteiger partial charge in [-0.3, -0.25) is 9.59 Å². The SMILES string of the molecule is CC(C)CN1C(=O)c2ccccc2[C@@H](C(=O)N2CCN(c3cccc(C(F)(F)F)c3)CC2)[C@H]1c1cccs1. The van der Waals surface area contributed by atoms with Crippen LogP contribution in [0.2, 0.25) is 0 Å². The van der Waals surface area contributed by atoms with Crippen LogP contribution in [0.5, 0.6) is 0 Å². The van der Waals surface area contributed by atoms with Gasteiger partial charge in [0, 0.05) is 48.9 Å². The lowest BCUT2D eigenvalue weighted by Gasteiger charge is -2.44. The summed E-state index contributed by atoms with van der Waals surface area (Å²) in [6.45, 7) is 6.29. The van der Waals surface area contributed by atoms with Crippen LogP contribution in [0, 0.1) is 5.92 Å². The van der Waals surface area contributed by atoms with Crippen LogP contribution in [-0.4, -0.2) is 54.3 Å². The summed E-state index contributed by atoms with van der Waals surface area (Å²) in [5, 5.41) is 1.96. The number of amides is 2. The quantitative estimate of drug-likeness (QED) is 0.395. The summed E-state index contributed by atoms with van der Waals surface area (Å²) in [6, 6.07) is 16.2. The van der Waals surface area contributed by atoms with Gasteiger partial charge in [-0.2, -0.15) is 13.2 Å². The van der Waals surface area contributed by atoms with E-state index >= 15 is 0 Å². The topological polar surface area (TPSA) is 43.9 Å². The minimum atomic E-state index is -4.40. The highest BCUT2D eigenvalue weighted by Gasteiger charge is 2.46. The lowest BCUT2D eigenvalue weighted by Crippen LogP contribution is -2.53. The minimum absolute atomic E-state index is 0.0548. The summed E-state index contributed by atoms with van der Waals surface area (Å²) in [5.41, 5.74) is 1.12. The Morgan fingerprint density at radius 2 is 1.74 bits per heavy atom. The van der Waals surface area contributed by atoms with Gasteiger partial charge in [-0.25, -0.2) is 0 Å². The van der Waals surface area contributed by atoms with Crippen LogP contribution < -0.4 is 4.90 Å². The molecule has 1 aromatic heterocycles. The van der Waals surface area contributed by atoms with E-state index in [2.05, 4.69) is 13.8 Å². The van der Waals surface area contributed by atoms with E-state index in [9.17, 15) is 22.8 Å². The molecule has 3 heterocycles. The molecule has 200 valence electrons. The third-order valence-electron chi connectivity index (χ3n) is 7.23. The van der Waals surface area contributed by atoms with Gasteiger partial charge in [0.2, 0.25) is 5.91 Å². The zero-order valence-electron chi connectivity index (χ0n) is 21.3. The van der Waals surface area contributed by atoms with Crippen molar-refractivity contribution in [3.63, 3.8) is 0 Å². The van der Waals surface area contributed by atoms with Crippen molar-refractivity contribution in [3.8, 4) is 0 Å². The minimum Gasteiger partial charge on any atom is -0.368 e. The first-order chi connectivity index (χ1) is 18.1. The molecule has 3 aromatic rings. The van der Waals surface area contributed by atoms with Gasteiger partial charge in [0.25, 0.3) is 5.91 Å². The molecule has 1 fully saturated rings. The Kier molecular flexibility index (Phi) is 7.22. The predicted molar refractivity (Wildman–Crippen MR) is 142 cm³/mol. The van der Waals surface area contributed by atoms with Gasteiger partial charge in [-0.1, -0.05) is 44.2 Å². The van der Waals surface area contributed by atoms with Crippen molar-refractivity contribution in [2.75, 3.05) is 37.6 Å². The Balaban J connectivity index is 1.43. The van der Waals surface area contributed by atoms with Crippen LogP contribution in [0.3, 0.4) is 0 Å². The number of benzene rings is 2. The van der Waals surface area contributed by atoms with E-state index in [0.717, 1.165) is 22.6 Å². The zero-order valence-corrected chi connectivity index (χ0v) is 22.1. The zero-order chi connectivity index (χ0) is 27.0. The number of carbonyl (C=O) groups excluding carboxylic acids is 2. The molecule has 0 spiro atoms. The van der Waals surface area contributed by atoms with Crippen LogP contribution in [-0.2, 0) is 11.0 Å². The first kappa shape index (κ1) is 26.3. The molecule has 1 saturated heterocycles. The fraction of sp³-hybridized carbons (Fsp3) is 0.379. The van der Waals surface area contributed by atoms with Crippen LogP contribution in [0.4, 0.5) is 18.9 Å². The molecule has 5 nitrogen and oxygen atoms in total. The van der Waals surface area contributed by atoms with E-state index in [1.54, 1.807) is 28.4 Å². The molecule has 9 heteroatoms.